The molecular formula is C12H12ClNO2S. The molecular weight excluding hydrogens is 258 g/mol. The van der Waals surface area contributed by atoms with Crippen molar-refractivity contribution in [1.82, 2.24) is 4.98 Å². The zero-order valence-electron chi connectivity index (χ0n) is 9.51. The van der Waals surface area contributed by atoms with Gasteiger partial charge in [0.05, 0.1) is 5.25 Å². The molecule has 3 nitrogen and oxygen atoms in total. The molecule has 0 saturated heterocycles. The van der Waals surface area contributed by atoms with Crippen LogP contribution in [0.5, 0.6) is 0 Å². The fraction of sp³-hybridized carbons (Fsp3) is 0.250. The number of pyridine rings is 1. The zero-order chi connectivity index (χ0) is 12.6. The number of benzene rings is 1. The molecule has 0 aliphatic carbocycles. The molecule has 0 fully saturated rings. The van der Waals surface area contributed by atoms with Crippen molar-refractivity contribution in [3.8, 4) is 0 Å². The zero-order valence-corrected chi connectivity index (χ0v) is 11.1. The lowest BCUT2D eigenvalue weighted by atomic mass is 10.2. The molecule has 0 radical (unpaired) electrons. The molecule has 1 aromatic carbocycles. The van der Waals surface area contributed by atoms with Crippen LogP contribution in [0, 0.1) is 0 Å². The fourth-order valence-electron chi connectivity index (χ4n) is 1.49. The van der Waals surface area contributed by atoms with Gasteiger partial charge in [-0.1, -0.05) is 17.7 Å². The lowest BCUT2D eigenvalue weighted by Gasteiger charge is -2.07. The monoisotopic (exact) mass is 269 g/mol. The second-order valence-electron chi connectivity index (χ2n) is 4.11. The minimum atomic E-state index is -3.32. The molecule has 1 heterocycles. The summed E-state index contributed by atoms with van der Waals surface area (Å²) in [5.74, 6) is 0. The number of sulfone groups is 1. The first kappa shape index (κ1) is 12.3. The first-order valence-corrected chi connectivity index (χ1v) is 7.13. The van der Waals surface area contributed by atoms with Crippen molar-refractivity contribution >= 4 is 32.2 Å². The normalized spacial score (nSPS) is 12.2. The predicted molar refractivity (Wildman–Crippen MR) is 69.1 cm³/mol. The molecule has 17 heavy (non-hydrogen) atoms. The van der Waals surface area contributed by atoms with Gasteiger partial charge in [-0.25, -0.2) is 13.4 Å². The number of nitrogens with zero attached hydrogens (tertiary/aromatic N) is 1. The molecule has 2 rings (SSSR count). The molecule has 0 aliphatic heterocycles. The molecule has 0 atom stereocenters. The van der Waals surface area contributed by atoms with Gasteiger partial charge in [0.2, 0.25) is 0 Å². The van der Waals surface area contributed by atoms with Crippen molar-refractivity contribution in [3.63, 3.8) is 0 Å². The first-order valence-electron chi connectivity index (χ1n) is 5.20. The van der Waals surface area contributed by atoms with Crippen molar-refractivity contribution in [2.75, 3.05) is 0 Å². The number of rotatable bonds is 2. The lowest BCUT2D eigenvalue weighted by Crippen LogP contribution is -2.15. The second kappa shape index (κ2) is 4.27. The SMILES string of the molecule is CC(C)S(=O)(=O)c1cc2ccc(Cl)cc2cn1. The summed E-state index contributed by atoms with van der Waals surface area (Å²) in [7, 11) is -3.32. The molecule has 0 unspecified atom stereocenters. The smallest absolute Gasteiger partial charge is 0.197 e. The van der Waals surface area contributed by atoms with Crippen molar-refractivity contribution in [3.05, 3.63) is 35.5 Å². The molecule has 0 spiro atoms. The second-order valence-corrected chi connectivity index (χ2v) is 7.00. The maximum Gasteiger partial charge on any atom is 0.197 e. The molecule has 1 aromatic heterocycles. The van der Waals surface area contributed by atoms with E-state index in [1.54, 1.807) is 38.1 Å². The quantitative estimate of drug-likeness (QED) is 0.842. The molecule has 0 aliphatic rings. The van der Waals surface area contributed by atoms with Crippen molar-refractivity contribution in [2.24, 2.45) is 0 Å². The number of fused-ring (bicyclic) bond motifs is 1. The van der Waals surface area contributed by atoms with E-state index in [9.17, 15) is 8.42 Å². The average Bonchev–Trinajstić information content (AvgIpc) is 2.28. The van der Waals surface area contributed by atoms with Gasteiger partial charge in [0.1, 0.15) is 0 Å². The summed E-state index contributed by atoms with van der Waals surface area (Å²) in [6.07, 6.45) is 1.54. The van der Waals surface area contributed by atoms with E-state index in [0.29, 0.717) is 5.02 Å². The van der Waals surface area contributed by atoms with Crippen LogP contribution in [0.15, 0.2) is 35.5 Å². The highest BCUT2D eigenvalue weighted by Gasteiger charge is 2.20. The summed E-state index contributed by atoms with van der Waals surface area (Å²) >= 11 is 5.85. The highest BCUT2D eigenvalue weighted by atomic mass is 35.5. The molecule has 90 valence electrons. The maximum atomic E-state index is 12.0. The van der Waals surface area contributed by atoms with Crippen LogP contribution in [0.3, 0.4) is 0 Å². The Labute approximate surface area is 105 Å². The number of halogens is 1. The number of aromatic nitrogens is 1. The largest absolute Gasteiger partial charge is 0.244 e. The Hall–Kier alpha value is -1.13. The van der Waals surface area contributed by atoms with E-state index in [1.165, 1.54) is 6.20 Å². The van der Waals surface area contributed by atoms with Gasteiger partial charge in [0.15, 0.2) is 14.9 Å². The molecule has 5 heteroatoms. The van der Waals surface area contributed by atoms with Crippen LogP contribution >= 0.6 is 11.6 Å². The van der Waals surface area contributed by atoms with Crippen molar-refractivity contribution < 1.29 is 8.42 Å². The molecule has 0 bridgehead atoms. The summed E-state index contributed by atoms with van der Waals surface area (Å²) < 4.78 is 23.9. The van der Waals surface area contributed by atoms with Gasteiger partial charge in [-0.3, -0.25) is 0 Å². The van der Waals surface area contributed by atoms with E-state index in [-0.39, 0.29) is 5.03 Å². The summed E-state index contributed by atoms with van der Waals surface area (Å²) in [4.78, 5) is 3.99. The topological polar surface area (TPSA) is 47.0 Å². The van der Waals surface area contributed by atoms with Crippen LogP contribution in [0.4, 0.5) is 0 Å². The third kappa shape index (κ3) is 2.28. The summed E-state index contributed by atoms with van der Waals surface area (Å²) in [5.41, 5.74) is 0. The Kier molecular flexibility index (Phi) is 3.10. The van der Waals surface area contributed by atoms with Gasteiger partial charge in [-0.15, -0.1) is 0 Å². The van der Waals surface area contributed by atoms with E-state index < -0.39 is 15.1 Å². The summed E-state index contributed by atoms with van der Waals surface area (Å²) in [5, 5.41) is 1.91. The third-order valence-electron chi connectivity index (χ3n) is 2.57. The van der Waals surface area contributed by atoms with E-state index in [0.717, 1.165) is 10.8 Å². The Morgan fingerprint density at radius 2 is 1.88 bits per heavy atom. The maximum absolute atomic E-state index is 12.0. The van der Waals surface area contributed by atoms with Gasteiger partial charge >= 0.3 is 0 Å². The third-order valence-corrected chi connectivity index (χ3v) is 4.85. The molecule has 2 aromatic rings. The number of hydrogen-bond acceptors (Lipinski definition) is 3. The molecule has 0 saturated carbocycles. The van der Waals surface area contributed by atoms with E-state index in [2.05, 4.69) is 4.98 Å². The lowest BCUT2D eigenvalue weighted by molar-refractivity contribution is 0.584. The van der Waals surface area contributed by atoms with Crippen LogP contribution in [0.25, 0.3) is 10.8 Å². The van der Waals surface area contributed by atoms with E-state index in [4.69, 9.17) is 11.6 Å². The van der Waals surface area contributed by atoms with Gasteiger partial charge < -0.3 is 0 Å². The van der Waals surface area contributed by atoms with E-state index >= 15 is 0 Å². The van der Waals surface area contributed by atoms with Gasteiger partial charge in [0, 0.05) is 16.6 Å². The van der Waals surface area contributed by atoms with Crippen LogP contribution in [0.2, 0.25) is 5.02 Å². The first-order chi connectivity index (χ1) is 7.91. The Bertz CT molecular complexity index is 665. The van der Waals surface area contributed by atoms with Gasteiger partial charge in [-0.05, 0) is 37.4 Å². The predicted octanol–water partition coefficient (Wildman–Crippen LogP) is 3.07. The van der Waals surface area contributed by atoms with Crippen LogP contribution in [0.1, 0.15) is 13.8 Å². The van der Waals surface area contributed by atoms with Crippen LogP contribution in [-0.2, 0) is 9.84 Å². The Balaban J connectivity index is 2.64. The Morgan fingerprint density at radius 1 is 1.18 bits per heavy atom. The van der Waals surface area contributed by atoms with Crippen molar-refractivity contribution in [1.29, 1.82) is 0 Å². The standard InChI is InChI=1S/C12H12ClNO2S/c1-8(2)17(15,16)12-6-9-3-4-11(13)5-10(9)7-14-12/h3-8H,1-2H3. The summed E-state index contributed by atoms with van der Waals surface area (Å²) in [6.45, 7) is 3.28. The molecule has 0 amide bonds. The van der Waals surface area contributed by atoms with E-state index in [1.807, 2.05) is 0 Å². The van der Waals surface area contributed by atoms with Gasteiger partial charge in [-0.2, -0.15) is 0 Å². The molecule has 0 N–H and O–H groups in total. The highest BCUT2D eigenvalue weighted by molar-refractivity contribution is 7.91. The minimum absolute atomic E-state index is 0.113. The highest BCUT2D eigenvalue weighted by Crippen LogP contribution is 2.22. The minimum Gasteiger partial charge on any atom is -0.244 e. The Morgan fingerprint density at radius 3 is 2.53 bits per heavy atom. The number of hydrogen-bond donors (Lipinski definition) is 0. The van der Waals surface area contributed by atoms with Gasteiger partial charge in [0.25, 0.3) is 0 Å². The fourth-order valence-corrected chi connectivity index (χ4v) is 2.64. The average molecular weight is 270 g/mol. The summed E-state index contributed by atoms with van der Waals surface area (Å²) in [6, 6.07) is 6.87. The van der Waals surface area contributed by atoms with Crippen LogP contribution in [-0.4, -0.2) is 18.7 Å². The van der Waals surface area contributed by atoms with Crippen molar-refractivity contribution in [2.45, 2.75) is 24.1 Å². The van der Waals surface area contributed by atoms with Crippen LogP contribution < -0.4 is 0 Å².